The summed E-state index contributed by atoms with van der Waals surface area (Å²) >= 11 is 0. The maximum Gasteiger partial charge on any atom is 0.119 e. The van der Waals surface area contributed by atoms with Crippen molar-refractivity contribution in [1.29, 1.82) is 0 Å². The smallest absolute Gasteiger partial charge is 0.119 e. The van der Waals surface area contributed by atoms with Crippen LogP contribution in [0.4, 0.5) is 5.69 Å². The molecule has 0 heterocycles. The Morgan fingerprint density at radius 1 is 1.54 bits per heavy atom. The maximum atomic E-state index is 5.11. The molecule has 1 aromatic carbocycles. The van der Waals surface area contributed by atoms with Gasteiger partial charge < -0.3 is 10.1 Å². The Bertz CT molecular complexity index is 294. The summed E-state index contributed by atoms with van der Waals surface area (Å²) < 4.78 is 5.11. The molecule has 0 radical (unpaired) electrons. The molecule has 0 bridgehead atoms. The predicted octanol–water partition coefficient (Wildman–Crippen LogP) is 2.60. The minimum Gasteiger partial charge on any atom is -0.497 e. The number of hydrogen-bond acceptors (Lipinski definition) is 2. The highest BCUT2D eigenvalue weighted by Crippen LogP contribution is 2.20. The summed E-state index contributed by atoms with van der Waals surface area (Å²) in [6.45, 7) is 6.49. The highest BCUT2D eigenvalue weighted by Gasteiger charge is 1.97. The highest BCUT2D eigenvalue weighted by atomic mass is 16.5. The SMILES string of the molecule is C=CCNc1ccc(OC)cc1C. The number of ether oxygens (including phenoxy) is 1. The van der Waals surface area contributed by atoms with Gasteiger partial charge in [0.05, 0.1) is 7.11 Å². The Morgan fingerprint density at radius 3 is 2.85 bits per heavy atom. The summed E-state index contributed by atoms with van der Waals surface area (Å²) in [6, 6.07) is 5.96. The quantitative estimate of drug-likeness (QED) is 0.714. The van der Waals surface area contributed by atoms with E-state index in [0.717, 1.165) is 18.0 Å². The zero-order valence-electron chi connectivity index (χ0n) is 8.13. The van der Waals surface area contributed by atoms with Crippen LogP contribution < -0.4 is 10.1 Å². The fraction of sp³-hybridized carbons (Fsp3) is 0.273. The van der Waals surface area contributed by atoms with Crippen LogP contribution in [-0.2, 0) is 0 Å². The van der Waals surface area contributed by atoms with E-state index in [0.29, 0.717) is 0 Å². The standard InChI is InChI=1S/C11H15NO/c1-4-7-12-11-6-5-10(13-3)8-9(11)2/h4-6,8,12H,1,7H2,2-3H3. The molecule has 1 rings (SSSR count). The van der Waals surface area contributed by atoms with Gasteiger partial charge >= 0.3 is 0 Å². The molecule has 0 atom stereocenters. The largest absolute Gasteiger partial charge is 0.497 e. The van der Waals surface area contributed by atoms with Crippen LogP contribution in [0.3, 0.4) is 0 Å². The van der Waals surface area contributed by atoms with E-state index < -0.39 is 0 Å². The molecule has 1 N–H and O–H groups in total. The molecule has 2 heteroatoms. The zero-order valence-corrected chi connectivity index (χ0v) is 8.13. The molecule has 0 fully saturated rings. The van der Waals surface area contributed by atoms with Crippen LogP contribution in [0.5, 0.6) is 5.75 Å². The fourth-order valence-corrected chi connectivity index (χ4v) is 1.14. The Hall–Kier alpha value is -1.44. The molecule has 0 aromatic heterocycles. The molecule has 0 aliphatic heterocycles. The Labute approximate surface area is 79.2 Å². The molecule has 0 spiro atoms. The lowest BCUT2D eigenvalue weighted by Crippen LogP contribution is -1.99. The molecule has 1 aromatic rings. The van der Waals surface area contributed by atoms with Crippen molar-refractivity contribution in [2.45, 2.75) is 6.92 Å². The number of nitrogens with one attached hydrogen (secondary N) is 1. The summed E-state index contributed by atoms with van der Waals surface area (Å²) in [6.07, 6.45) is 1.84. The second-order valence-electron chi connectivity index (χ2n) is 2.85. The molecule has 0 saturated carbocycles. The fourth-order valence-electron chi connectivity index (χ4n) is 1.14. The van der Waals surface area contributed by atoms with Gasteiger partial charge in [-0.25, -0.2) is 0 Å². The van der Waals surface area contributed by atoms with Gasteiger partial charge in [-0.2, -0.15) is 0 Å². The van der Waals surface area contributed by atoms with Crippen molar-refractivity contribution in [1.82, 2.24) is 0 Å². The van der Waals surface area contributed by atoms with Gasteiger partial charge in [0.2, 0.25) is 0 Å². The van der Waals surface area contributed by atoms with Crippen LogP contribution in [0.15, 0.2) is 30.9 Å². The van der Waals surface area contributed by atoms with Crippen LogP contribution in [0.25, 0.3) is 0 Å². The molecular formula is C11H15NO. The third-order valence-electron chi connectivity index (χ3n) is 1.87. The lowest BCUT2D eigenvalue weighted by atomic mass is 10.2. The van der Waals surface area contributed by atoms with Crippen molar-refractivity contribution in [2.24, 2.45) is 0 Å². The number of benzene rings is 1. The number of aryl methyl sites for hydroxylation is 1. The first-order valence-corrected chi connectivity index (χ1v) is 4.27. The van der Waals surface area contributed by atoms with Gasteiger partial charge in [-0.1, -0.05) is 6.08 Å². The summed E-state index contributed by atoms with van der Waals surface area (Å²) in [7, 11) is 1.67. The van der Waals surface area contributed by atoms with Gasteiger partial charge in [-0.15, -0.1) is 6.58 Å². The van der Waals surface area contributed by atoms with Crippen LogP contribution in [-0.4, -0.2) is 13.7 Å². The van der Waals surface area contributed by atoms with E-state index >= 15 is 0 Å². The van der Waals surface area contributed by atoms with Crippen LogP contribution in [0, 0.1) is 6.92 Å². The van der Waals surface area contributed by atoms with Gasteiger partial charge in [0, 0.05) is 12.2 Å². The van der Waals surface area contributed by atoms with Gasteiger partial charge in [-0.05, 0) is 30.7 Å². The normalized spacial score (nSPS) is 9.38. The highest BCUT2D eigenvalue weighted by molar-refractivity contribution is 5.53. The zero-order chi connectivity index (χ0) is 9.68. The molecule has 0 aliphatic rings. The molecule has 0 aliphatic carbocycles. The Morgan fingerprint density at radius 2 is 2.31 bits per heavy atom. The maximum absolute atomic E-state index is 5.11. The van der Waals surface area contributed by atoms with Crippen molar-refractivity contribution in [3.63, 3.8) is 0 Å². The average molecular weight is 177 g/mol. The van der Waals surface area contributed by atoms with Crippen LogP contribution >= 0.6 is 0 Å². The van der Waals surface area contributed by atoms with Crippen molar-refractivity contribution >= 4 is 5.69 Å². The monoisotopic (exact) mass is 177 g/mol. The summed E-state index contributed by atoms with van der Waals surface area (Å²) in [4.78, 5) is 0. The molecule has 0 amide bonds. The van der Waals surface area contributed by atoms with Crippen LogP contribution in [0.1, 0.15) is 5.56 Å². The number of hydrogen-bond donors (Lipinski definition) is 1. The summed E-state index contributed by atoms with van der Waals surface area (Å²) in [5.41, 5.74) is 2.31. The second kappa shape index (κ2) is 4.55. The van der Waals surface area contributed by atoms with Gasteiger partial charge in [0.15, 0.2) is 0 Å². The van der Waals surface area contributed by atoms with Crippen LogP contribution in [0.2, 0.25) is 0 Å². The molecular weight excluding hydrogens is 162 g/mol. The van der Waals surface area contributed by atoms with E-state index in [4.69, 9.17) is 4.74 Å². The molecule has 13 heavy (non-hydrogen) atoms. The lowest BCUT2D eigenvalue weighted by molar-refractivity contribution is 0.414. The number of rotatable bonds is 4. The Balaban J connectivity index is 2.78. The minimum absolute atomic E-state index is 0.785. The number of anilines is 1. The van der Waals surface area contributed by atoms with Crippen molar-refractivity contribution in [3.05, 3.63) is 36.4 Å². The molecule has 2 nitrogen and oxygen atoms in total. The van der Waals surface area contributed by atoms with E-state index in [1.165, 1.54) is 5.56 Å². The first-order valence-electron chi connectivity index (χ1n) is 4.27. The summed E-state index contributed by atoms with van der Waals surface area (Å²) in [5, 5.41) is 3.24. The second-order valence-corrected chi connectivity index (χ2v) is 2.85. The predicted molar refractivity (Wildman–Crippen MR) is 56.4 cm³/mol. The third kappa shape index (κ3) is 2.51. The number of methoxy groups -OCH3 is 1. The summed E-state index contributed by atoms with van der Waals surface area (Å²) in [5.74, 6) is 0.890. The van der Waals surface area contributed by atoms with Crippen molar-refractivity contribution < 1.29 is 4.74 Å². The molecule has 0 saturated heterocycles. The van der Waals surface area contributed by atoms with E-state index in [-0.39, 0.29) is 0 Å². The van der Waals surface area contributed by atoms with Crippen molar-refractivity contribution in [2.75, 3.05) is 19.0 Å². The van der Waals surface area contributed by atoms with E-state index in [2.05, 4.69) is 11.9 Å². The topological polar surface area (TPSA) is 21.3 Å². The van der Waals surface area contributed by atoms with E-state index in [1.54, 1.807) is 7.11 Å². The third-order valence-corrected chi connectivity index (χ3v) is 1.87. The van der Waals surface area contributed by atoms with Crippen molar-refractivity contribution in [3.8, 4) is 5.75 Å². The minimum atomic E-state index is 0.785. The first kappa shape index (κ1) is 9.65. The van der Waals surface area contributed by atoms with Gasteiger partial charge in [-0.3, -0.25) is 0 Å². The molecule has 70 valence electrons. The Kier molecular flexibility index (Phi) is 3.38. The van der Waals surface area contributed by atoms with Gasteiger partial charge in [0.1, 0.15) is 5.75 Å². The van der Waals surface area contributed by atoms with E-state index in [9.17, 15) is 0 Å². The van der Waals surface area contributed by atoms with E-state index in [1.807, 2.05) is 31.2 Å². The molecule has 0 unspecified atom stereocenters. The van der Waals surface area contributed by atoms with Gasteiger partial charge in [0.25, 0.3) is 0 Å². The first-order chi connectivity index (χ1) is 6.27. The lowest BCUT2D eigenvalue weighted by Gasteiger charge is -2.08. The average Bonchev–Trinajstić information content (AvgIpc) is 2.16.